The van der Waals surface area contributed by atoms with Crippen LogP contribution in [0.25, 0.3) is 11.1 Å². The smallest absolute Gasteiger partial charge is 0.429 e. The maximum absolute atomic E-state index is 14.5. The first-order chi connectivity index (χ1) is 20.3. The van der Waals surface area contributed by atoms with Gasteiger partial charge in [0.15, 0.2) is 0 Å². The standard InChI is InChI=1S/C29H29Cl2F4N5O3/c1-2-22-28(14-21(37-22)26(41)42)7-9-40(10-8-28)23-13-24(39-27(36)38-23)43-25(29(33,34)35)17-5-4-16(30)12-18(17)15-3-6-19(31)20(32)11-15/h3-6,11-13,21-22,25,37H,2,7-10,14H2,1H3,(H,41,42)(H2,36,38,39)/t21?,22?,25-/m1/s1. The second-order valence-electron chi connectivity index (χ2n) is 10.9. The van der Waals surface area contributed by atoms with Crippen LogP contribution >= 0.6 is 23.2 Å². The minimum Gasteiger partial charge on any atom is -0.480 e. The molecule has 14 heteroatoms. The Balaban J connectivity index is 1.42. The van der Waals surface area contributed by atoms with Crippen molar-refractivity contribution < 1.29 is 32.2 Å². The Hall–Kier alpha value is -3.35. The maximum atomic E-state index is 14.5. The molecule has 2 aliphatic heterocycles. The molecule has 1 spiro atoms. The number of aromatic nitrogens is 2. The molecule has 4 N–H and O–H groups in total. The number of aliphatic carboxylic acids is 1. The minimum absolute atomic E-state index is 0.00397. The quantitative estimate of drug-likeness (QED) is 0.245. The molecule has 8 nitrogen and oxygen atoms in total. The third-order valence-corrected chi connectivity index (χ3v) is 8.85. The van der Waals surface area contributed by atoms with Gasteiger partial charge in [-0.15, -0.1) is 0 Å². The fraction of sp³-hybridized carbons (Fsp3) is 0.414. The summed E-state index contributed by atoms with van der Waals surface area (Å²) in [5.41, 5.74) is 5.52. The summed E-state index contributed by atoms with van der Waals surface area (Å²) in [7, 11) is 0. The number of benzene rings is 2. The SMILES string of the molecule is CCC1NC(C(=O)O)CC12CCN(c1cc(O[C@H](c3ccc(Cl)cc3-c3ccc(Cl)c(F)c3)C(F)(F)F)nc(N)n1)CC2. The third kappa shape index (κ3) is 6.46. The van der Waals surface area contributed by atoms with Gasteiger partial charge in [0.2, 0.25) is 17.9 Å². The van der Waals surface area contributed by atoms with Crippen LogP contribution in [0.15, 0.2) is 42.5 Å². The Labute approximate surface area is 255 Å². The van der Waals surface area contributed by atoms with Crippen LogP contribution in [0.1, 0.15) is 44.3 Å². The Morgan fingerprint density at radius 2 is 1.91 bits per heavy atom. The summed E-state index contributed by atoms with van der Waals surface area (Å²) in [6.07, 6.45) is -4.80. The molecule has 3 aromatic rings. The molecule has 2 unspecified atom stereocenters. The predicted molar refractivity (Wildman–Crippen MR) is 155 cm³/mol. The van der Waals surface area contributed by atoms with Gasteiger partial charge in [-0.05, 0) is 66.5 Å². The lowest BCUT2D eigenvalue weighted by molar-refractivity contribution is -0.198. The van der Waals surface area contributed by atoms with Crippen LogP contribution < -0.4 is 20.7 Å². The highest BCUT2D eigenvalue weighted by molar-refractivity contribution is 6.31. The molecule has 2 saturated heterocycles. The fourth-order valence-corrected chi connectivity index (χ4v) is 6.51. The van der Waals surface area contributed by atoms with Crippen molar-refractivity contribution in [2.24, 2.45) is 5.41 Å². The number of hydrogen-bond acceptors (Lipinski definition) is 7. The number of carbonyl (C=O) groups is 1. The van der Waals surface area contributed by atoms with Crippen molar-refractivity contribution in [2.75, 3.05) is 23.7 Å². The van der Waals surface area contributed by atoms with E-state index in [1.54, 1.807) is 0 Å². The van der Waals surface area contributed by atoms with Crippen LogP contribution in [0.3, 0.4) is 0 Å². The number of nitrogens with zero attached hydrogens (tertiary/aromatic N) is 3. The number of nitrogen functional groups attached to an aromatic ring is 1. The van der Waals surface area contributed by atoms with Crippen molar-refractivity contribution in [1.82, 2.24) is 15.3 Å². The van der Waals surface area contributed by atoms with Gasteiger partial charge in [-0.2, -0.15) is 23.1 Å². The number of nitrogens with two attached hydrogens (primary N) is 1. The summed E-state index contributed by atoms with van der Waals surface area (Å²) in [6.45, 7) is 3.00. The molecular weight excluding hydrogens is 613 g/mol. The molecule has 3 heterocycles. The number of alkyl halides is 3. The third-order valence-electron chi connectivity index (χ3n) is 8.31. The number of nitrogens with one attached hydrogen (secondary N) is 1. The molecule has 5 rings (SSSR count). The average Bonchev–Trinajstić information content (AvgIpc) is 3.31. The minimum atomic E-state index is -4.91. The number of ether oxygens (including phenoxy) is 1. The Bertz CT molecular complexity index is 1520. The predicted octanol–water partition coefficient (Wildman–Crippen LogP) is 6.67. The van der Waals surface area contributed by atoms with Gasteiger partial charge >= 0.3 is 12.1 Å². The molecule has 0 radical (unpaired) electrons. The number of piperidine rings is 1. The summed E-state index contributed by atoms with van der Waals surface area (Å²) < 4.78 is 63.3. The molecule has 230 valence electrons. The maximum Gasteiger partial charge on any atom is 0.429 e. The van der Waals surface area contributed by atoms with Gasteiger partial charge in [0.1, 0.15) is 17.7 Å². The molecule has 0 amide bonds. The molecule has 3 atom stereocenters. The molecule has 2 fully saturated rings. The highest BCUT2D eigenvalue weighted by atomic mass is 35.5. The van der Waals surface area contributed by atoms with E-state index < -0.39 is 36.0 Å². The second kappa shape index (κ2) is 12.0. The van der Waals surface area contributed by atoms with Gasteiger partial charge in [0.25, 0.3) is 0 Å². The van der Waals surface area contributed by atoms with Crippen molar-refractivity contribution in [1.29, 1.82) is 0 Å². The number of carboxylic acids is 1. The van der Waals surface area contributed by atoms with Crippen molar-refractivity contribution in [2.45, 2.75) is 57.0 Å². The van der Waals surface area contributed by atoms with E-state index in [0.29, 0.717) is 38.2 Å². The molecule has 0 saturated carbocycles. The van der Waals surface area contributed by atoms with E-state index in [-0.39, 0.29) is 44.1 Å². The molecule has 1 aromatic heterocycles. The van der Waals surface area contributed by atoms with Crippen LogP contribution in [0, 0.1) is 11.2 Å². The van der Waals surface area contributed by atoms with E-state index in [1.807, 2.05) is 11.8 Å². The highest BCUT2D eigenvalue weighted by Crippen LogP contribution is 2.46. The van der Waals surface area contributed by atoms with Crippen LogP contribution in [0.4, 0.5) is 29.3 Å². The van der Waals surface area contributed by atoms with Crippen LogP contribution in [0.5, 0.6) is 5.88 Å². The van der Waals surface area contributed by atoms with E-state index >= 15 is 0 Å². The van der Waals surface area contributed by atoms with Gasteiger partial charge in [-0.1, -0.05) is 42.3 Å². The van der Waals surface area contributed by atoms with Crippen molar-refractivity contribution in [3.63, 3.8) is 0 Å². The van der Waals surface area contributed by atoms with Crippen molar-refractivity contribution in [3.8, 4) is 17.0 Å². The zero-order valence-electron chi connectivity index (χ0n) is 23.0. The lowest BCUT2D eigenvalue weighted by Crippen LogP contribution is -2.46. The Morgan fingerprint density at radius 3 is 2.53 bits per heavy atom. The van der Waals surface area contributed by atoms with Gasteiger partial charge in [-0.3, -0.25) is 4.79 Å². The summed E-state index contributed by atoms with van der Waals surface area (Å²) >= 11 is 11.9. The molecule has 2 aromatic carbocycles. The van der Waals surface area contributed by atoms with Crippen LogP contribution in [-0.4, -0.2) is 52.4 Å². The molecule has 0 aliphatic carbocycles. The first kappa shape index (κ1) is 31.1. The highest BCUT2D eigenvalue weighted by Gasteiger charge is 2.50. The normalized spacial score (nSPS) is 20.8. The van der Waals surface area contributed by atoms with Crippen molar-refractivity contribution in [3.05, 3.63) is 63.9 Å². The van der Waals surface area contributed by atoms with Crippen LogP contribution in [0.2, 0.25) is 10.0 Å². The molecule has 2 aliphatic rings. The number of hydrogen-bond donors (Lipinski definition) is 3. The number of anilines is 2. The number of rotatable bonds is 7. The summed E-state index contributed by atoms with van der Waals surface area (Å²) in [5.74, 6) is -2.06. The zero-order valence-corrected chi connectivity index (χ0v) is 24.5. The van der Waals surface area contributed by atoms with E-state index in [9.17, 15) is 27.5 Å². The van der Waals surface area contributed by atoms with E-state index in [4.69, 9.17) is 33.7 Å². The summed E-state index contributed by atoms with van der Waals surface area (Å²) in [5, 5.41) is 12.7. The topological polar surface area (TPSA) is 114 Å². The Morgan fingerprint density at radius 1 is 1.19 bits per heavy atom. The molecule has 43 heavy (non-hydrogen) atoms. The summed E-state index contributed by atoms with van der Waals surface area (Å²) in [4.78, 5) is 21.7. The van der Waals surface area contributed by atoms with E-state index in [0.717, 1.165) is 12.5 Å². The van der Waals surface area contributed by atoms with Gasteiger partial charge in [0.05, 0.1) is 5.02 Å². The largest absolute Gasteiger partial charge is 0.480 e. The van der Waals surface area contributed by atoms with Crippen LogP contribution in [-0.2, 0) is 4.79 Å². The van der Waals surface area contributed by atoms with E-state index in [1.165, 1.54) is 36.4 Å². The first-order valence-electron chi connectivity index (χ1n) is 13.7. The molecule has 0 bridgehead atoms. The first-order valence-corrected chi connectivity index (χ1v) is 14.4. The fourth-order valence-electron chi connectivity index (χ4n) is 6.22. The monoisotopic (exact) mass is 641 g/mol. The van der Waals surface area contributed by atoms with E-state index in [2.05, 4.69) is 15.3 Å². The number of carboxylic acid groups (broad SMARTS) is 1. The lowest BCUT2D eigenvalue weighted by Gasteiger charge is -2.43. The van der Waals surface area contributed by atoms with Gasteiger partial charge in [0, 0.05) is 35.8 Å². The van der Waals surface area contributed by atoms with Crippen molar-refractivity contribution >= 4 is 40.9 Å². The summed E-state index contributed by atoms with van der Waals surface area (Å²) in [6, 6.07) is 8.13. The van der Waals surface area contributed by atoms with Gasteiger partial charge in [-0.25, -0.2) is 4.39 Å². The second-order valence-corrected chi connectivity index (χ2v) is 11.7. The zero-order chi connectivity index (χ0) is 31.1. The number of halogens is 6. The molecular formula is C29H29Cl2F4N5O3. The van der Waals surface area contributed by atoms with Gasteiger partial charge < -0.3 is 25.8 Å². The average molecular weight is 642 g/mol. The lowest BCUT2D eigenvalue weighted by atomic mass is 9.71. The Kier molecular flexibility index (Phi) is 8.65.